The zero-order chi connectivity index (χ0) is 15.4. The first-order valence-corrected chi connectivity index (χ1v) is 6.55. The zero-order valence-corrected chi connectivity index (χ0v) is 12.2. The van der Waals surface area contributed by atoms with Crippen LogP contribution in [0.2, 0.25) is 0 Å². The number of imidazole rings is 1. The molecule has 1 N–H and O–H groups in total. The third-order valence-corrected chi connectivity index (χ3v) is 3.02. The predicted molar refractivity (Wildman–Crippen MR) is 78.6 cm³/mol. The van der Waals surface area contributed by atoms with Crippen LogP contribution in [-0.2, 0) is 4.79 Å². The van der Waals surface area contributed by atoms with Crippen molar-refractivity contribution in [3.8, 4) is 11.6 Å². The van der Waals surface area contributed by atoms with Gasteiger partial charge >= 0.3 is 5.97 Å². The first kappa shape index (κ1) is 14.8. The Balaban J connectivity index is 2.43. The van der Waals surface area contributed by atoms with Gasteiger partial charge in [-0.05, 0) is 31.6 Å². The highest BCUT2D eigenvalue weighted by Crippen LogP contribution is 2.22. The minimum atomic E-state index is -0.937. The molecule has 0 saturated heterocycles. The fraction of sp³-hybridized carbons (Fsp3) is 0.267. The Hall–Kier alpha value is -2.63. The number of aliphatic carboxylic acids is 1. The van der Waals surface area contributed by atoms with Crippen LogP contribution >= 0.6 is 0 Å². The molecule has 2 aromatic heterocycles. The lowest BCUT2D eigenvalue weighted by Gasteiger charge is -2.09. The van der Waals surface area contributed by atoms with Crippen molar-refractivity contribution in [1.29, 1.82) is 0 Å². The lowest BCUT2D eigenvalue weighted by molar-refractivity contribution is -0.132. The molecule has 110 valence electrons. The molecular formula is C15H17N3O3. The molecule has 0 aliphatic carbocycles. The van der Waals surface area contributed by atoms with E-state index >= 15 is 0 Å². The van der Waals surface area contributed by atoms with Gasteiger partial charge < -0.3 is 14.4 Å². The number of carbonyl (C=O) groups is 1. The summed E-state index contributed by atoms with van der Waals surface area (Å²) >= 11 is 0. The molecule has 0 bridgehead atoms. The quantitative estimate of drug-likeness (QED) is 0.855. The smallest absolute Gasteiger partial charge is 0.331 e. The molecule has 6 heteroatoms. The maximum Gasteiger partial charge on any atom is 0.331 e. The molecule has 0 spiro atoms. The largest absolute Gasteiger partial charge is 0.479 e. The second kappa shape index (κ2) is 6.21. The molecule has 0 saturated carbocycles. The summed E-state index contributed by atoms with van der Waals surface area (Å²) in [6, 6.07) is 3.58. The van der Waals surface area contributed by atoms with Gasteiger partial charge in [-0.3, -0.25) is 0 Å². The van der Waals surface area contributed by atoms with Gasteiger partial charge in [0.2, 0.25) is 5.88 Å². The lowest BCUT2D eigenvalue weighted by Crippen LogP contribution is -2.01. The summed E-state index contributed by atoms with van der Waals surface area (Å²) in [5.74, 6) is -0.519. The third kappa shape index (κ3) is 3.28. The van der Waals surface area contributed by atoms with E-state index in [4.69, 9.17) is 9.84 Å². The average Bonchev–Trinajstić information content (AvgIpc) is 2.90. The number of carboxylic acids is 1. The van der Waals surface area contributed by atoms with Gasteiger partial charge in [0.15, 0.2) is 0 Å². The Kier molecular flexibility index (Phi) is 4.37. The van der Waals surface area contributed by atoms with Gasteiger partial charge in [-0.2, -0.15) is 0 Å². The Morgan fingerprint density at radius 1 is 1.48 bits per heavy atom. The monoisotopic (exact) mass is 287 g/mol. The van der Waals surface area contributed by atoms with Gasteiger partial charge in [0, 0.05) is 11.8 Å². The highest BCUT2D eigenvalue weighted by molar-refractivity contribution is 5.91. The van der Waals surface area contributed by atoms with Crippen LogP contribution in [0, 0.1) is 6.92 Å². The van der Waals surface area contributed by atoms with Crippen LogP contribution in [0.5, 0.6) is 5.88 Å². The molecular weight excluding hydrogens is 270 g/mol. The van der Waals surface area contributed by atoms with E-state index in [2.05, 4.69) is 9.97 Å². The second-order valence-corrected chi connectivity index (χ2v) is 4.52. The molecule has 0 aliphatic rings. The normalized spacial score (nSPS) is 11.5. The summed E-state index contributed by atoms with van der Waals surface area (Å²) < 4.78 is 7.10. The van der Waals surface area contributed by atoms with Gasteiger partial charge in [0.1, 0.15) is 5.69 Å². The Morgan fingerprint density at radius 3 is 2.76 bits per heavy atom. The molecule has 6 nitrogen and oxygen atoms in total. The van der Waals surface area contributed by atoms with Crippen molar-refractivity contribution >= 4 is 12.0 Å². The van der Waals surface area contributed by atoms with E-state index in [0.29, 0.717) is 23.6 Å². The van der Waals surface area contributed by atoms with Crippen molar-refractivity contribution in [3.05, 3.63) is 41.6 Å². The molecule has 21 heavy (non-hydrogen) atoms. The van der Waals surface area contributed by atoms with E-state index in [9.17, 15) is 4.79 Å². The summed E-state index contributed by atoms with van der Waals surface area (Å²) in [4.78, 5) is 19.5. The molecule has 2 aromatic rings. The van der Waals surface area contributed by atoms with Crippen LogP contribution < -0.4 is 4.74 Å². The molecule has 0 fully saturated rings. The molecule has 2 heterocycles. The van der Waals surface area contributed by atoms with E-state index in [-0.39, 0.29) is 0 Å². The van der Waals surface area contributed by atoms with Gasteiger partial charge in [-0.15, -0.1) is 0 Å². The van der Waals surface area contributed by atoms with Gasteiger partial charge in [-0.1, -0.05) is 6.92 Å². The third-order valence-electron chi connectivity index (χ3n) is 3.02. The first-order valence-electron chi connectivity index (χ1n) is 6.55. The number of aromatic nitrogens is 3. The number of rotatable bonds is 5. The number of hydrogen-bond donors (Lipinski definition) is 1. The lowest BCUT2D eigenvalue weighted by atomic mass is 10.1. The Morgan fingerprint density at radius 2 is 2.24 bits per heavy atom. The fourth-order valence-electron chi connectivity index (χ4n) is 1.92. The van der Waals surface area contributed by atoms with E-state index in [1.54, 1.807) is 25.4 Å². The number of carboxylic acid groups (broad SMARTS) is 1. The number of aryl methyl sites for hydroxylation is 1. The van der Waals surface area contributed by atoms with Crippen molar-refractivity contribution in [3.63, 3.8) is 0 Å². The van der Waals surface area contributed by atoms with Crippen LogP contribution in [0.1, 0.15) is 24.7 Å². The van der Waals surface area contributed by atoms with Crippen molar-refractivity contribution in [2.24, 2.45) is 0 Å². The first-order chi connectivity index (χ1) is 10.0. The van der Waals surface area contributed by atoms with Crippen molar-refractivity contribution in [1.82, 2.24) is 14.5 Å². The molecule has 0 amide bonds. The van der Waals surface area contributed by atoms with Crippen molar-refractivity contribution in [2.75, 3.05) is 7.11 Å². The minimum absolute atomic E-state index is 0.302. The number of pyridine rings is 1. The Bertz CT molecular complexity index is 689. The zero-order valence-electron chi connectivity index (χ0n) is 12.2. The summed E-state index contributed by atoms with van der Waals surface area (Å²) in [5, 5.41) is 9.06. The SMILES string of the molecule is CC/C(=C\c1ccc(-n2cnc(C)c2)c(OC)n1)C(=O)O. The van der Waals surface area contributed by atoms with E-state index in [0.717, 1.165) is 11.4 Å². The molecule has 0 radical (unpaired) electrons. The van der Waals surface area contributed by atoms with Crippen LogP contribution in [0.3, 0.4) is 0 Å². The van der Waals surface area contributed by atoms with Crippen LogP contribution in [0.25, 0.3) is 11.8 Å². The van der Waals surface area contributed by atoms with Crippen LogP contribution in [0.4, 0.5) is 0 Å². The van der Waals surface area contributed by atoms with E-state index < -0.39 is 5.97 Å². The van der Waals surface area contributed by atoms with E-state index in [1.165, 1.54) is 7.11 Å². The fourth-order valence-corrected chi connectivity index (χ4v) is 1.92. The highest BCUT2D eigenvalue weighted by Gasteiger charge is 2.10. The highest BCUT2D eigenvalue weighted by atomic mass is 16.5. The molecule has 2 rings (SSSR count). The number of hydrogen-bond acceptors (Lipinski definition) is 4. The van der Waals surface area contributed by atoms with Crippen LogP contribution in [0.15, 0.2) is 30.2 Å². The molecule has 0 aromatic carbocycles. The van der Waals surface area contributed by atoms with Crippen molar-refractivity contribution < 1.29 is 14.6 Å². The molecule has 0 unspecified atom stereocenters. The second-order valence-electron chi connectivity index (χ2n) is 4.52. The van der Waals surface area contributed by atoms with Gasteiger partial charge in [0.25, 0.3) is 0 Å². The maximum absolute atomic E-state index is 11.0. The minimum Gasteiger partial charge on any atom is -0.479 e. The van der Waals surface area contributed by atoms with Crippen molar-refractivity contribution in [2.45, 2.75) is 20.3 Å². The van der Waals surface area contributed by atoms with E-state index in [1.807, 2.05) is 23.8 Å². The predicted octanol–water partition coefficient (Wildman–Crippen LogP) is 2.46. The molecule has 0 aliphatic heterocycles. The average molecular weight is 287 g/mol. The standard InChI is InChI=1S/C15H17N3O3/c1-4-11(15(19)20)7-12-5-6-13(14(17-12)21-3)18-8-10(2)16-9-18/h5-9H,4H2,1-3H3,(H,19,20)/b11-7+. The Labute approximate surface area is 122 Å². The summed E-state index contributed by atoms with van der Waals surface area (Å²) in [6.07, 6.45) is 5.53. The van der Waals surface area contributed by atoms with Crippen LogP contribution in [-0.4, -0.2) is 32.7 Å². The summed E-state index contributed by atoms with van der Waals surface area (Å²) in [7, 11) is 1.53. The number of ether oxygens (including phenoxy) is 1. The van der Waals surface area contributed by atoms with Gasteiger partial charge in [0.05, 0.1) is 24.8 Å². The maximum atomic E-state index is 11.0. The summed E-state index contributed by atoms with van der Waals surface area (Å²) in [5.41, 5.74) is 2.49. The van der Waals surface area contributed by atoms with Gasteiger partial charge in [-0.25, -0.2) is 14.8 Å². The summed E-state index contributed by atoms with van der Waals surface area (Å²) in [6.45, 7) is 3.69. The number of nitrogens with zero attached hydrogens (tertiary/aromatic N) is 3. The topological polar surface area (TPSA) is 77.2 Å². The number of methoxy groups -OCH3 is 1. The molecule has 0 atom stereocenters.